The molecule has 0 saturated carbocycles. The number of likely N-dealkylation sites (N-methyl/N-ethyl adjacent to an activating group) is 1. The normalized spacial score (nSPS) is 17.5. The summed E-state index contributed by atoms with van der Waals surface area (Å²) in [6, 6.07) is 14.4. The number of aryl methyl sites for hydroxylation is 1. The van der Waals surface area contributed by atoms with Gasteiger partial charge < -0.3 is 10.2 Å². The Morgan fingerprint density at radius 3 is 2.61 bits per heavy atom. The predicted octanol–water partition coefficient (Wildman–Crippen LogP) is 3.05. The lowest BCUT2D eigenvalue weighted by atomic mass is 10.0. The molecular formula is C18H17ClN2O2. The number of hydrogen-bond acceptors (Lipinski definition) is 2. The van der Waals surface area contributed by atoms with Crippen molar-refractivity contribution >= 4 is 29.1 Å². The zero-order valence-corrected chi connectivity index (χ0v) is 13.5. The van der Waals surface area contributed by atoms with Crippen molar-refractivity contribution in [3.63, 3.8) is 0 Å². The molecule has 23 heavy (non-hydrogen) atoms. The zero-order valence-electron chi connectivity index (χ0n) is 12.8. The van der Waals surface area contributed by atoms with Crippen LogP contribution < -0.4 is 10.2 Å². The second-order valence-corrected chi connectivity index (χ2v) is 6.05. The van der Waals surface area contributed by atoms with E-state index in [9.17, 15) is 9.59 Å². The summed E-state index contributed by atoms with van der Waals surface area (Å²) in [5.41, 5.74) is 2.15. The molecule has 1 aliphatic heterocycles. The van der Waals surface area contributed by atoms with E-state index in [0.717, 1.165) is 12.0 Å². The highest BCUT2D eigenvalue weighted by Crippen LogP contribution is 2.27. The van der Waals surface area contributed by atoms with Crippen LogP contribution in [-0.4, -0.2) is 24.9 Å². The average Bonchev–Trinajstić information content (AvgIpc) is 2.65. The zero-order chi connectivity index (χ0) is 16.4. The van der Waals surface area contributed by atoms with E-state index >= 15 is 0 Å². The predicted molar refractivity (Wildman–Crippen MR) is 90.9 cm³/mol. The van der Waals surface area contributed by atoms with Gasteiger partial charge in [-0.1, -0.05) is 41.9 Å². The van der Waals surface area contributed by atoms with Gasteiger partial charge in [-0.15, -0.1) is 0 Å². The third-order valence-electron chi connectivity index (χ3n) is 4.06. The van der Waals surface area contributed by atoms with Gasteiger partial charge in [0.05, 0.1) is 11.3 Å². The molecule has 1 N–H and O–H groups in total. The summed E-state index contributed by atoms with van der Waals surface area (Å²) in [5, 5.41) is 3.30. The van der Waals surface area contributed by atoms with Crippen LogP contribution in [0.2, 0.25) is 5.02 Å². The molecule has 118 valence electrons. The SMILES string of the molecule is CN1C(=O)C(CCc2ccccc2)NC(=O)c2cc(Cl)ccc21. The Hall–Kier alpha value is -2.33. The monoisotopic (exact) mass is 328 g/mol. The Kier molecular flexibility index (Phi) is 4.35. The molecule has 1 unspecified atom stereocenters. The van der Waals surface area contributed by atoms with Gasteiger partial charge in [-0.2, -0.15) is 0 Å². The van der Waals surface area contributed by atoms with E-state index in [1.165, 1.54) is 4.90 Å². The maximum atomic E-state index is 12.6. The van der Waals surface area contributed by atoms with Crippen LogP contribution in [-0.2, 0) is 11.2 Å². The number of benzene rings is 2. The first-order valence-corrected chi connectivity index (χ1v) is 7.86. The Morgan fingerprint density at radius 1 is 1.13 bits per heavy atom. The number of carbonyl (C=O) groups excluding carboxylic acids is 2. The molecule has 3 rings (SSSR count). The molecule has 0 fully saturated rings. The summed E-state index contributed by atoms with van der Waals surface area (Å²) < 4.78 is 0. The topological polar surface area (TPSA) is 49.4 Å². The summed E-state index contributed by atoms with van der Waals surface area (Å²) in [7, 11) is 1.69. The Balaban J connectivity index is 1.82. The lowest BCUT2D eigenvalue weighted by Gasteiger charge is -2.21. The van der Waals surface area contributed by atoms with Crippen LogP contribution in [0.3, 0.4) is 0 Å². The van der Waals surface area contributed by atoms with Crippen LogP contribution in [0.4, 0.5) is 5.69 Å². The van der Waals surface area contributed by atoms with Crippen molar-refractivity contribution < 1.29 is 9.59 Å². The van der Waals surface area contributed by atoms with Crippen LogP contribution in [0.5, 0.6) is 0 Å². The number of hydrogen-bond donors (Lipinski definition) is 1. The molecule has 1 aliphatic rings. The molecule has 2 aromatic carbocycles. The number of carbonyl (C=O) groups is 2. The van der Waals surface area contributed by atoms with E-state index in [4.69, 9.17) is 11.6 Å². The van der Waals surface area contributed by atoms with Crippen LogP contribution in [0, 0.1) is 0 Å². The lowest BCUT2D eigenvalue weighted by molar-refractivity contribution is -0.120. The van der Waals surface area contributed by atoms with Crippen molar-refractivity contribution in [2.45, 2.75) is 18.9 Å². The fraction of sp³-hybridized carbons (Fsp3) is 0.222. The molecule has 0 aromatic heterocycles. The molecule has 5 heteroatoms. The highest BCUT2D eigenvalue weighted by Gasteiger charge is 2.31. The molecule has 1 atom stereocenters. The second kappa shape index (κ2) is 6.42. The van der Waals surface area contributed by atoms with E-state index in [-0.39, 0.29) is 11.8 Å². The van der Waals surface area contributed by atoms with Gasteiger partial charge in [-0.3, -0.25) is 9.59 Å². The van der Waals surface area contributed by atoms with Gasteiger partial charge in [0, 0.05) is 12.1 Å². The maximum Gasteiger partial charge on any atom is 0.254 e. The highest BCUT2D eigenvalue weighted by molar-refractivity contribution is 6.31. The van der Waals surface area contributed by atoms with Crippen molar-refractivity contribution in [2.75, 3.05) is 11.9 Å². The van der Waals surface area contributed by atoms with Crippen molar-refractivity contribution in [2.24, 2.45) is 0 Å². The second-order valence-electron chi connectivity index (χ2n) is 5.61. The number of amides is 2. The van der Waals surface area contributed by atoms with Crippen LogP contribution in [0.15, 0.2) is 48.5 Å². The maximum absolute atomic E-state index is 12.6. The van der Waals surface area contributed by atoms with Gasteiger partial charge in [-0.25, -0.2) is 0 Å². The van der Waals surface area contributed by atoms with Gasteiger partial charge in [0.15, 0.2) is 0 Å². The summed E-state index contributed by atoms with van der Waals surface area (Å²) in [4.78, 5) is 26.6. The highest BCUT2D eigenvalue weighted by atomic mass is 35.5. The third-order valence-corrected chi connectivity index (χ3v) is 4.30. The van der Waals surface area contributed by atoms with Gasteiger partial charge in [0.25, 0.3) is 5.91 Å². The molecule has 2 aromatic rings. The number of nitrogens with one attached hydrogen (secondary N) is 1. The molecule has 0 saturated heterocycles. The number of rotatable bonds is 3. The first-order chi connectivity index (χ1) is 11.1. The molecule has 0 spiro atoms. The van der Waals surface area contributed by atoms with E-state index in [1.54, 1.807) is 25.2 Å². The standard InChI is InChI=1S/C18H17ClN2O2/c1-21-16-10-8-13(19)11-14(16)17(22)20-15(18(21)23)9-7-12-5-3-2-4-6-12/h2-6,8,10-11,15H,7,9H2,1H3,(H,20,22). The van der Waals surface area contributed by atoms with Crippen molar-refractivity contribution in [1.82, 2.24) is 5.32 Å². The fourth-order valence-corrected chi connectivity index (χ4v) is 2.96. The summed E-state index contributed by atoms with van der Waals surface area (Å²) >= 11 is 5.97. The first kappa shape index (κ1) is 15.6. The van der Waals surface area contributed by atoms with Gasteiger partial charge >= 0.3 is 0 Å². The molecule has 1 heterocycles. The van der Waals surface area contributed by atoms with Crippen molar-refractivity contribution in [1.29, 1.82) is 0 Å². The first-order valence-electron chi connectivity index (χ1n) is 7.48. The molecule has 0 radical (unpaired) electrons. The summed E-state index contributed by atoms with van der Waals surface area (Å²) in [6.45, 7) is 0. The molecule has 4 nitrogen and oxygen atoms in total. The average molecular weight is 329 g/mol. The third kappa shape index (κ3) is 3.22. The van der Waals surface area contributed by atoms with Gasteiger partial charge in [-0.05, 0) is 36.6 Å². The number of nitrogens with zero attached hydrogens (tertiary/aromatic N) is 1. The minimum absolute atomic E-state index is 0.115. The summed E-state index contributed by atoms with van der Waals surface area (Å²) in [5.74, 6) is -0.381. The minimum atomic E-state index is -0.543. The molecule has 0 bridgehead atoms. The van der Waals surface area contributed by atoms with Crippen molar-refractivity contribution in [3.05, 3.63) is 64.7 Å². The van der Waals surface area contributed by atoms with E-state index in [1.807, 2.05) is 30.3 Å². The van der Waals surface area contributed by atoms with Crippen LogP contribution in [0.1, 0.15) is 22.3 Å². The van der Waals surface area contributed by atoms with E-state index < -0.39 is 6.04 Å². The van der Waals surface area contributed by atoms with Gasteiger partial charge in [0.2, 0.25) is 5.91 Å². The van der Waals surface area contributed by atoms with E-state index in [2.05, 4.69) is 5.32 Å². The Morgan fingerprint density at radius 2 is 1.87 bits per heavy atom. The van der Waals surface area contributed by atoms with Gasteiger partial charge in [0.1, 0.15) is 6.04 Å². The number of anilines is 1. The smallest absolute Gasteiger partial charge is 0.254 e. The van der Waals surface area contributed by atoms with Crippen LogP contribution in [0.25, 0.3) is 0 Å². The van der Waals surface area contributed by atoms with Crippen LogP contribution >= 0.6 is 11.6 Å². The van der Waals surface area contributed by atoms with Crippen molar-refractivity contribution in [3.8, 4) is 0 Å². The number of fused-ring (bicyclic) bond motifs is 1. The lowest BCUT2D eigenvalue weighted by Crippen LogP contribution is -2.44. The largest absolute Gasteiger partial charge is 0.340 e. The molecular weight excluding hydrogens is 312 g/mol. The molecule has 0 aliphatic carbocycles. The fourth-order valence-electron chi connectivity index (χ4n) is 2.78. The Labute approximate surface area is 140 Å². The molecule has 2 amide bonds. The summed E-state index contributed by atoms with van der Waals surface area (Å²) in [6.07, 6.45) is 1.28. The quantitative estimate of drug-likeness (QED) is 0.941. The Bertz CT molecular complexity index is 746. The number of halogens is 1. The minimum Gasteiger partial charge on any atom is -0.340 e. The van der Waals surface area contributed by atoms with E-state index in [0.29, 0.717) is 22.7 Å².